The highest BCUT2D eigenvalue weighted by molar-refractivity contribution is 5.81. The van der Waals surface area contributed by atoms with E-state index in [-0.39, 0.29) is 6.04 Å². The number of rotatable bonds is 2. The predicted molar refractivity (Wildman–Crippen MR) is 76.5 cm³/mol. The normalized spacial score (nSPS) is 12.8. The van der Waals surface area contributed by atoms with Gasteiger partial charge in [-0.15, -0.1) is 0 Å². The fraction of sp³-hybridized carbons (Fsp3) is 0.200. The number of nitrogens with zero attached hydrogens (tertiary/aromatic N) is 3. The Morgan fingerprint density at radius 3 is 2.79 bits per heavy atom. The summed E-state index contributed by atoms with van der Waals surface area (Å²) in [6, 6.07) is 10.1. The minimum Gasteiger partial charge on any atom is -0.327 e. The van der Waals surface area contributed by atoms with Crippen molar-refractivity contribution in [2.75, 3.05) is 0 Å². The quantitative estimate of drug-likeness (QED) is 0.762. The van der Waals surface area contributed by atoms with Crippen LogP contribution in [-0.4, -0.2) is 14.5 Å². The van der Waals surface area contributed by atoms with Crippen molar-refractivity contribution in [3.05, 3.63) is 48.3 Å². The molecule has 96 valence electrons. The van der Waals surface area contributed by atoms with Gasteiger partial charge in [0.2, 0.25) is 0 Å². The first kappa shape index (κ1) is 11.9. The number of aryl methyl sites for hydroxylation is 1. The lowest BCUT2D eigenvalue weighted by molar-refractivity contribution is 0.819. The molecule has 0 saturated carbocycles. The highest BCUT2D eigenvalue weighted by Crippen LogP contribution is 2.24. The third kappa shape index (κ3) is 2.00. The number of hydrogen-bond acceptors (Lipinski definition) is 3. The Kier molecular flexibility index (Phi) is 2.80. The van der Waals surface area contributed by atoms with E-state index in [1.807, 2.05) is 32.3 Å². The van der Waals surface area contributed by atoms with E-state index in [2.05, 4.69) is 27.8 Å². The first-order valence-electron chi connectivity index (χ1n) is 6.29. The van der Waals surface area contributed by atoms with Crippen molar-refractivity contribution in [3.8, 4) is 11.4 Å². The summed E-state index contributed by atoms with van der Waals surface area (Å²) in [4.78, 5) is 8.84. The highest BCUT2D eigenvalue weighted by Gasteiger charge is 2.11. The number of fused-ring (bicyclic) bond motifs is 1. The van der Waals surface area contributed by atoms with E-state index in [1.54, 1.807) is 6.20 Å². The number of hydrogen-bond donors (Lipinski definition) is 1. The van der Waals surface area contributed by atoms with Crippen LogP contribution in [0.25, 0.3) is 22.4 Å². The fourth-order valence-corrected chi connectivity index (χ4v) is 2.25. The average molecular weight is 252 g/mol. The van der Waals surface area contributed by atoms with E-state index in [0.29, 0.717) is 0 Å². The van der Waals surface area contributed by atoms with Crippen molar-refractivity contribution in [1.82, 2.24) is 14.5 Å². The van der Waals surface area contributed by atoms with Crippen LogP contribution in [0.15, 0.2) is 42.7 Å². The van der Waals surface area contributed by atoms with E-state index in [1.165, 1.54) is 0 Å². The molecule has 2 aromatic heterocycles. The van der Waals surface area contributed by atoms with Crippen molar-refractivity contribution >= 4 is 11.0 Å². The molecule has 0 aliphatic rings. The zero-order valence-electron chi connectivity index (χ0n) is 11.0. The lowest BCUT2D eigenvalue weighted by Gasteiger charge is -2.05. The van der Waals surface area contributed by atoms with Crippen LogP contribution in [0.2, 0.25) is 0 Å². The number of aromatic nitrogens is 3. The van der Waals surface area contributed by atoms with Crippen molar-refractivity contribution < 1.29 is 0 Å². The van der Waals surface area contributed by atoms with Crippen LogP contribution in [0.5, 0.6) is 0 Å². The van der Waals surface area contributed by atoms with Gasteiger partial charge >= 0.3 is 0 Å². The van der Waals surface area contributed by atoms with Crippen LogP contribution < -0.4 is 5.73 Å². The Labute approximate surface area is 111 Å². The number of pyridine rings is 1. The summed E-state index contributed by atoms with van der Waals surface area (Å²) in [6.07, 6.45) is 3.59. The van der Waals surface area contributed by atoms with Gasteiger partial charge in [-0.25, -0.2) is 4.98 Å². The van der Waals surface area contributed by atoms with Gasteiger partial charge in [-0.05, 0) is 36.8 Å². The standard InChI is InChI=1S/C15H16N4/c1-10(16)11-5-6-14-13(8-11)18-15(19(14)2)12-4-3-7-17-9-12/h3-10H,16H2,1-2H3. The van der Waals surface area contributed by atoms with Crippen LogP contribution in [0, 0.1) is 0 Å². The summed E-state index contributed by atoms with van der Waals surface area (Å²) in [6.45, 7) is 1.98. The minimum absolute atomic E-state index is 0.0215. The molecule has 0 saturated heterocycles. The van der Waals surface area contributed by atoms with Crippen molar-refractivity contribution in [1.29, 1.82) is 0 Å². The molecule has 3 rings (SSSR count). The Morgan fingerprint density at radius 2 is 2.11 bits per heavy atom. The molecule has 4 heteroatoms. The Balaban J connectivity index is 2.20. The van der Waals surface area contributed by atoms with Gasteiger partial charge in [0.15, 0.2) is 0 Å². The molecule has 0 aliphatic carbocycles. The fourth-order valence-electron chi connectivity index (χ4n) is 2.25. The Morgan fingerprint density at radius 1 is 1.26 bits per heavy atom. The molecule has 1 unspecified atom stereocenters. The number of nitrogens with two attached hydrogens (primary N) is 1. The first-order chi connectivity index (χ1) is 9.16. The van der Waals surface area contributed by atoms with Gasteiger partial charge in [0.1, 0.15) is 5.82 Å². The second kappa shape index (κ2) is 4.48. The molecular formula is C15H16N4. The van der Waals surface area contributed by atoms with Gasteiger partial charge in [0, 0.05) is 31.0 Å². The third-order valence-electron chi connectivity index (χ3n) is 3.35. The van der Waals surface area contributed by atoms with E-state index < -0.39 is 0 Å². The molecule has 2 heterocycles. The predicted octanol–water partition coefficient (Wildman–Crippen LogP) is 2.66. The maximum atomic E-state index is 5.92. The Hall–Kier alpha value is -2.20. The molecule has 1 atom stereocenters. The average Bonchev–Trinajstić information content (AvgIpc) is 2.76. The smallest absolute Gasteiger partial charge is 0.142 e. The summed E-state index contributed by atoms with van der Waals surface area (Å²) < 4.78 is 2.08. The maximum Gasteiger partial charge on any atom is 0.142 e. The lowest BCUT2D eigenvalue weighted by Crippen LogP contribution is -2.04. The van der Waals surface area contributed by atoms with Gasteiger partial charge in [-0.3, -0.25) is 4.98 Å². The van der Waals surface area contributed by atoms with Crippen molar-refractivity contribution in [2.45, 2.75) is 13.0 Å². The molecule has 1 aromatic carbocycles. The zero-order chi connectivity index (χ0) is 13.4. The second-order valence-corrected chi connectivity index (χ2v) is 4.77. The largest absolute Gasteiger partial charge is 0.327 e. The lowest BCUT2D eigenvalue weighted by atomic mass is 10.1. The number of imidazole rings is 1. The molecular weight excluding hydrogens is 236 g/mol. The molecule has 0 amide bonds. The van der Waals surface area contributed by atoms with Crippen LogP contribution >= 0.6 is 0 Å². The van der Waals surface area contributed by atoms with Gasteiger partial charge in [0.05, 0.1) is 11.0 Å². The van der Waals surface area contributed by atoms with E-state index in [9.17, 15) is 0 Å². The molecule has 0 radical (unpaired) electrons. The summed E-state index contributed by atoms with van der Waals surface area (Å²) in [5.74, 6) is 0.921. The first-order valence-corrected chi connectivity index (χ1v) is 6.29. The minimum atomic E-state index is 0.0215. The van der Waals surface area contributed by atoms with Crippen molar-refractivity contribution in [3.63, 3.8) is 0 Å². The van der Waals surface area contributed by atoms with E-state index >= 15 is 0 Å². The Bertz CT molecular complexity index is 714. The summed E-state index contributed by atoms with van der Waals surface area (Å²) in [5.41, 5.74) is 10.1. The van der Waals surface area contributed by atoms with Crippen LogP contribution in [-0.2, 0) is 7.05 Å². The molecule has 0 fully saturated rings. The summed E-state index contributed by atoms with van der Waals surface area (Å²) >= 11 is 0. The van der Waals surface area contributed by atoms with Crippen LogP contribution in [0.4, 0.5) is 0 Å². The molecule has 0 spiro atoms. The monoisotopic (exact) mass is 252 g/mol. The van der Waals surface area contributed by atoms with Crippen LogP contribution in [0.3, 0.4) is 0 Å². The van der Waals surface area contributed by atoms with Crippen molar-refractivity contribution in [2.24, 2.45) is 12.8 Å². The maximum absolute atomic E-state index is 5.92. The molecule has 3 aromatic rings. The molecule has 2 N–H and O–H groups in total. The summed E-state index contributed by atoms with van der Waals surface area (Å²) in [5, 5.41) is 0. The molecule has 0 bridgehead atoms. The molecule has 19 heavy (non-hydrogen) atoms. The SMILES string of the molecule is CC(N)c1ccc2c(c1)nc(-c1cccnc1)n2C. The van der Waals surface area contributed by atoms with Gasteiger partial charge in [0.25, 0.3) is 0 Å². The van der Waals surface area contributed by atoms with Gasteiger partial charge in [-0.1, -0.05) is 6.07 Å². The van der Waals surface area contributed by atoms with Gasteiger partial charge < -0.3 is 10.3 Å². The topological polar surface area (TPSA) is 56.7 Å². The molecule has 0 aliphatic heterocycles. The second-order valence-electron chi connectivity index (χ2n) is 4.77. The van der Waals surface area contributed by atoms with E-state index in [4.69, 9.17) is 10.7 Å². The third-order valence-corrected chi connectivity index (χ3v) is 3.35. The van der Waals surface area contributed by atoms with Gasteiger partial charge in [-0.2, -0.15) is 0 Å². The molecule has 4 nitrogen and oxygen atoms in total. The summed E-state index contributed by atoms with van der Waals surface area (Å²) in [7, 11) is 2.02. The van der Waals surface area contributed by atoms with E-state index in [0.717, 1.165) is 28.0 Å². The highest BCUT2D eigenvalue weighted by atomic mass is 15.1. The van der Waals surface area contributed by atoms with Crippen LogP contribution in [0.1, 0.15) is 18.5 Å². The number of benzene rings is 1. The zero-order valence-corrected chi connectivity index (χ0v) is 11.0.